The SMILES string of the molecule is CCOC1CCN(C(=NC)NCc2cccc(-c3ncn[nH]3)c2)CC1.I. The van der Waals surface area contributed by atoms with Crippen molar-refractivity contribution in [2.45, 2.75) is 32.4 Å². The van der Waals surface area contributed by atoms with E-state index < -0.39 is 0 Å². The number of nitrogens with zero attached hydrogens (tertiary/aromatic N) is 4. The Hall–Kier alpha value is -1.68. The Balaban J connectivity index is 0.00000243. The van der Waals surface area contributed by atoms with Crippen molar-refractivity contribution in [3.8, 4) is 11.4 Å². The number of aromatic nitrogens is 3. The summed E-state index contributed by atoms with van der Waals surface area (Å²) in [6.07, 6.45) is 4.01. The Kier molecular flexibility index (Phi) is 8.30. The monoisotopic (exact) mass is 470 g/mol. The van der Waals surface area contributed by atoms with Crippen LogP contribution in [0, 0.1) is 0 Å². The molecule has 2 N–H and O–H groups in total. The lowest BCUT2D eigenvalue weighted by atomic mass is 10.1. The zero-order chi connectivity index (χ0) is 17.5. The second kappa shape index (κ2) is 10.5. The zero-order valence-electron chi connectivity index (χ0n) is 15.3. The molecule has 0 atom stereocenters. The van der Waals surface area contributed by atoms with Crippen molar-refractivity contribution in [3.63, 3.8) is 0 Å². The molecule has 1 aromatic heterocycles. The van der Waals surface area contributed by atoms with Gasteiger partial charge in [-0.3, -0.25) is 10.1 Å². The van der Waals surface area contributed by atoms with Crippen molar-refractivity contribution in [1.82, 2.24) is 25.4 Å². The number of benzene rings is 1. The maximum absolute atomic E-state index is 5.72. The fourth-order valence-electron chi connectivity index (χ4n) is 3.16. The lowest BCUT2D eigenvalue weighted by molar-refractivity contribution is 0.0263. The van der Waals surface area contributed by atoms with Gasteiger partial charge in [0.05, 0.1) is 6.10 Å². The molecule has 1 aliphatic heterocycles. The third kappa shape index (κ3) is 5.41. The summed E-state index contributed by atoms with van der Waals surface area (Å²) in [5.74, 6) is 1.73. The van der Waals surface area contributed by atoms with Crippen LogP contribution in [0.5, 0.6) is 0 Å². The van der Waals surface area contributed by atoms with E-state index in [2.05, 4.69) is 49.4 Å². The molecule has 0 aliphatic carbocycles. The molecule has 0 bridgehead atoms. The fourth-order valence-corrected chi connectivity index (χ4v) is 3.16. The Bertz CT molecular complexity index is 683. The molecule has 3 rings (SSSR count). The third-order valence-electron chi connectivity index (χ3n) is 4.42. The average Bonchev–Trinajstić information content (AvgIpc) is 3.19. The van der Waals surface area contributed by atoms with Gasteiger partial charge in [0.2, 0.25) is 0 Å². The first kappa shape index (κ1) is 20.6. The smallest absolute Gasteiger partial charge is 0.193 e. The van der Waals surface area contributed by atoms with Crippen LogP contribution < -0.4 is 5.32 Å². The van der Waals surface area contributed by atoms with Gasteiger partial charge in [0.1, 0.15) is 6.33 Å². The molecule has 0 unspecified atom stereocenters. The van der Waals surface area contributed by atoms with E-state index in [0.717, 1.165) is 56.4 Å². The molecule has 1 aliphatic rings. The summed E-state index contributed by atoms with van der Waals surface area (Å²) in [7, 11) is 1.84. The van der Waals surface area contributed by atoms with Crippen LogP contribution in [0.2, 0.25) is 0 Å². The van der Waals surface area contributed by atoms with Gasteiger partial charge < -0.3 is 15.0 Å². The van der Waals surface area contributed by atoms with Gasteiger partial charge in [-0.15, -0.1) is 24.0 Å². The van der Waals surface area contributed by atoms with E-state index in [1.807, 2.05) is 19.2 Å². The highest BCUT2D eigenvalue weighted by atomic mass is 127. The van der Waals surface area contributed by atoms with E-state index in [9.17, 15) is 0 Å². The number of rotatable bonds is 5. The fraction of sp³-hybridized carbons (Fsp3) is 0.500. The molecule has 0 radical (unpaired) electrons. The molecule has 2 heterocycles. The number of halogens is 1. The molecule has 8 heteroatoms. The molecular formula is C18H27IN6O. The van der Waals surface area contributed by atoms with Crippen LogP contribution in [0.3, 0.4) is 0 Å². The number of aromatic amines is 1. The summed E-state index contributed by atoms with van der Waals surface area (Å²) < 4.78 is 5.72. The highest BCUT2D eigenvalue weighted by molar-refractivity contribution is 14.0. The molecule has 26 heavy (non-hydrogen) atoms. The van der Waals surface area contributed by atoms with Crippen LogP contribution in [0.1, 0.15) is 25.3 Å². The quantitative estimate of drug-likeness (QED) is 0.399. The molecule has 1 saturated heterocycles. The molecule has 1 fully saturated rings. The van der Waals surface area contributed by atoms with E-state index in [4.69, 9.17) is 4.74 Å². The Labute approximate surface area is 171 Å². The highest BCUT2D eigenvalue weighted by Gasteiger charge is 2.21. The highest BCUT2D eigenvalue weighted by Crippen LogP contribution is 2.16. The van der Waals surface area contributed by atoms with Gasteiger partial charge >= 0.3 is 0 Å². The maximum atomic E-state index is 5.72. The maximum Gasteiger partial charge on any atom is 0.193 e. The van der Waals surface area contributed by atoms with Gasteiger partial charge in [0.25, 0.3) is 0 Å². The molecule has 0 spiro atoms. The normalized spacial score (nSPS) is 15.6. The first-order valence-electron chi connectivity index (χ1n) is 8.82. The molecular weight excluding hydrogens is 443 g/mol. The van der Waals surface area contributed by atoms with E-state index in [1.54, 1.807) is 0 Å². The predicted octanol–water partition coefficient (Wildman–Crippen LogP) is 2.67. The van der Waals surface area contributed by atoms with Crippen LogP contribution >= 0.6 is 24.0 Å². The topological polar surface area (TPSA) is 78.4 Å². The van der Waals surface area contributed by atoms with Crippen LogP contribution in [0.4, 0.5) is 0 Å². The van der Waals surface area contributed by atoms with Crippen molar-refractivity contribution < 1.29 is 4.74 Å². The second-order valence-corrected chi connectivity index (χ2v) is 6.08. The minimum Gasteiger partial charge on any atom is -0.378 e. The van der Waals surface area contributed by atoms with Crippen LogP contribution in [0.25, 0.3) is 11.4 Å². The summed E-state index contributed by atoms with van der Waals surface area (Å²) in [6, 6.07) is 8.27. The largest absolute Gasteiger partial charge is 0.378 e. The number of likely N-dealkylation sites (tertiary alicyclic amines) is 1. The van der Waals surface area contributed by atoms with E-state index in [1.165, 1.54) is 11.9 Å². The summed E-state index contributed by atoms with van der Waals surface area (Å²) in [5.41, 5.74) is 2.21. The Morgan fingerprint density at radius 3 is 2.85 bits per heavy atom. The number of hydrogen-bond donors (Lipinski definition) is 2. The molecule has 7 nitrogen and oxygen atoms in total. The van der Waals surface area contributed by atoms with Crippen molar-refractivity contribution in [3.05, 3.63) is 36.2 Å². The van der Waals surface area contributed by atoms with Crippen molar-refractivity contribution in [2.75, 3.05) is 26.7 Å². The molecule has 0 amide bonds. The number of guanidine groups is 1. The van der Waals surface area contributed by atoms with Gasteiger partial charge in [-0.2, -0.15) is 5.10 Å². The lowest BCUT2D eigenvalue weighted by Gasteiger charge is -2.34. The van der Waals surface area contributed by atoms with Crippen molar-refractivity contribution in [1.29, 1.82) is 0 Å². The summed E-state index contributed by atoms with van der Waals surface area (Å²) >= 11 is 0. The number of aliphatic imine (C=N–C) groups is 1. The summed E-state index contributed by atoms with van der Waals surface area (Å²) in [6.45, 7) is 5.52. The van der Waals surface area contributed by atoms with Gasteiger partial charge in [-0.1, -0.05) is 18.2 Å². The number of H-pyrrole nitrogens is 1. The molecule has 1 aromatic carbocycles. The first-order valence-corrected chi connectivity index (χ1v) is 8.82. The Morgan fingerprint density at radius 1 is 1.38 bits per heavy atom. The van der Waals surface area contributed by atoms with Crippen LogP contribution in [-0.2, 0) is 11.3 Å². The second-order valence-electron chi connectivity index (χ2n) is 6.08. The van der Waals surface area contributed by atoms with E-state index >= 15 is 0 Å². The van der Waals surface area contributed by atoms with E-state index in [0.29, 0.717) is 6.10 Å². The first-order chi connectivity index (χ1) is 12.3. The average molecular weight is 470 g/mol. The van der Waals surface area contributed by atoms with Crippen molar-refractivity contribution in [2.24, 2.45) is 4.99 Å². The minimum atomic E-state index is 0. The van der Waals surface area contributed by atoms with Crippen LogP contribution in [0.15, 0.2) is 35.6 Å². The number of ether oxygens (including phenoxy) is 1. The standard InChI is InChI=1S/C18H26N6O.HI/c1-3-25-16-7-9-24(10-8-16)18(19-2)20-12-14-5-4-6-15(11-14)17-21-13-22-23-17;/h4-6,11,13,16H,3,7-10,12H2,1-2H3,(H,19,20)(H,21,22,23);1H. The Morgan fingerprint density at radius 2 is 2.19 bits per heavy atom. The number of piperidine rings is 1. The number of nitrogens with one attached hydrogen (secondary N) is 2. The minimum absolute atomic E-state index is 0. The van der Waals surface area contributed by atoms with Crippen molar-refractivity contribution >= 4 is 29.9 Å². The summed E-state index contributed by atoms with van der Waals surface area (Å²) in [5, 5.41) is 10.3. The number of hydrogen-bond acceptors (Lipinski definition) is 4. The molecule has 142 valence electrons. The van der Waals surface area contributed by atoms with Gasteiger partial charge in [0, 0.05) is 38.9 Å². The lowest BCUT2D eigenvalue weighted by Crippen LogP contribution is -2.46. The van der Waals surface area contributed by atoms with Gasteiger partial charge in [-0.05, 0) is 31.4 Å². The van der Waals surface area contributed by atoms with Gasteiger partial charge in [-0.25, -0.2) is 4.98 Å². The predicted molar refractivity (Wildman–Crippen MR) is 114 cm³/mol. The zero-order valence-corrected chi connectivity index (χ0v) is 17.6. The molecule has 2 aromatic rings. The third-order valence-corrected chi connectivity index (χ3v) is 4.42. The summed E-state index contributed by atoms with van der Waals surface area (Å²) in [4.78, 5) is 10.9. The van der Waals surface area contributed by atoms with Gasteiger partial charge in [0.15, 0.2) is 11.8 Å². The van der Waals surface area contributed by atoms with Crippen LogP contribution in [-0.4, -0.2) is 58.9 Å². The van der Waals surface area contributed by atoms with E-state index in [-0.39, 0.29) is 24.0 Å². The molecule has 0 saturated carbocycles.